The maximum atomic E-state index is 11.8. The summed E-state index contributed by atoms with van der Waals surface area (Å²) in [5.41, 5.74) is 0.365. The summed E-state index contributed by atoms with van der Waals surface area (Å²) >= 11 is 0. The molecule has 25 heavy (non-hydrogen) atoms. The molecule has 0 fully saturated rings. The largest absolute Gasteiger partial charge is 0.494 e. The van der Waals surface area contributed by atoms with Gasteiger partial charge >= 0.3 is 5.97 Å². The predicted octanol–water partition coefficient (Wildman–Crippen LogP) is 0.398. The first-order valence-corrected chi connectivity index (χ1v) is 7.49. The summed E-state index contributed by atoms with van der Waals surface area (Å²) in [6.07, 6.45) is 1.35. The average molecular weight is 345 g/mol. The maximum absolute atomic E-state index is 11.8. The number of carbonyl (C=O) groups excluding carboxylic acids is 3. The van der Waals surface area contributed by atoms with Crippen LogP contribution in [0.3, 0.4) is 0 Å². The predicted molar refractivity (Wildman–Crippen MR) is 89.2 cm³/mol. The lowest BCUT2D eigenvalue weighted by Gasteiger charge is -2.06. The second-order valence-electron chi connectivity index (χ2n) is 4.70. The smallest absolute Gasteiger partial charge is 0.349 e. The molecule has 8 nitrogen and oxygen atoms in total. The van der Waals surface area contributed by atoms with E-state index in [2.05, 4.69) is 10.6 Å². The summed E-state index contributed by atoms with van der Waals surface area (Å²) in [5, 5.41) is 13.7. The fourth-order valence-electron chi connectivity index (χ4n) is 1.66. The van der Waals surface area contributed by atoms with Crippen LogP contribution in [0.1, 0.15) is 12.5 Å². The number of amides is 2. The summed E-state index contributed by atoms with van der Waals surface area (Å²) in [6.45, 7) is 1.59. The average Bonchev–Trinajstić information content (AvgIpc) is 2.63. The molecule has 0 spiro atoms. The molecular formula is C17H19N3O5. The molecule has 1 rings (SSSR count). The van der Waals surface area contributed by atoms with Gasteiger partial charge in [0, 0.05) is 7.05 Å². The highest BCUT2D eigenvalue weighted by molar-refractivity contribution is 5.99. The van der Waals surface area contributed by atoms with E-state index in [-0.39, 0.29) is 18.0 Å². The number of carbonyl (C=O) groups is 3. The number of hydrogen-bond acceptors (Lipinski definition) is 6. The molecule has 0 atom stereocenters. The van der Waals surface area contributed by atoms with E-state index < -0.39 is 18.5 Å². The highest BCUT2D eigenvalue weighted by Gasteiger charge is 2.13. The van der Waals surface area contributed by atoms with Gasteiger partial charge < -0.3 is 20.1 Å². The van der Waals surface area contributed by atoms with Crippen LogP contribution < -0.4 is 15.4 Å². The third kappa shape index (κ3) is 7.18. The van der Waals surface area contributed by atoms with E-state index in [1.165, 1.54) is 13.1 Å². The van der Waals surface area contributed by atoms with Gasteiger partial charge in [-0.1, -0.05) is 12.1 Å². The van der Waals surface area contributed by atoms with Crippen molar-refractivity contribution in [2.45, 2.75) is 6.92 Å². The lowest BCUT2D eigenvalue weighted by molar-refractivity contribution is -0.144. The van der Waals surface area contributed by atoms with Gasteiger partial charge in [0.1, 0.15) is 17.4 Å². The van der Waals surface area contributed by atoms with Crippen molar-refractivity contribution in [2.75, 3.05) is 26.8 Å². The number of esters is 1. The van der Waals surface area contributed by atoms with Crippen LogP contribution in [0, 0.1) is 11.3 Å². The third-order valence-corrected chi connectivity index (χ3v) is 2.90. The van der Waals surface area contributed by atoms with Crippen LogP contribution in [-0.4, -0.2) is 44.6 Å². The molecule has 0 saturated heterocycles. The van der Waals surface area contributed by atoms with Crippen molar-refractivity contribution in [3.63, 3.8) is 0 Å². The number of nitrogens with zero attached hydrogens (tertiary/aromatic N) is 1. The van der Waals surface area contributed by atoms with Crippen LogP contribution in [0.25, 0.3) is 6.08 Å². The van der Waals surface area contributed by atoms with Gasteiger partial charge in [0.05, 0.1) is 13.2 Å². The van der Waals surface area contributed by atoms with Gasteiger partial charge in [-0.15, -0.1) is 0 Å². The summed E-state index contributed by atoms with van der Waals surface area (Å²) in [4.78, 5) is 34.3. The molecule has 0 heterocycles. The molecule has 0 unspecified atom stereocenters. The van der Waals surface area contributed by atoms with Crippen LogP contribution in [0.15, 0.2) is 29.8 Å². The number of benzene rings is 1. The molecule has 0 aliphatic carbocycles. The van der Waals surface area contributed by atoms with Crippen LogP contribution in [-0.2, 0) is 19.1 Å². The van der Waals surface area contributed by atoms with Gasteiger partial charge in [0.15, 0.2) is 6.61 Å². The van der Waals surface area contributed by atoms with E-state index in [1.54, 1.807) is 30.3 Å². The molecule has 2 amide bonds. The molecule has 2 N–H and O–H groups in total. The first-order chi connectivity index (χ1) is 12.0. The van der Waals surface area contributed by atoms with E-state index >= 15 is 0 Å². The molecule has 0 aromatic heterocycles. The Hall–Kier alpha value is -3.34. The van der Waals surface area contributed by atoms with E-state index in [1.807, 2.05) is 6.92 Å². The third-order valence-electron chi connectivity index (χ3n) is 2.90. The monoisotopic (exact) mass is 345 g/mol. The summed E-state index contributed by atoms with van der Waals surface area (Å²) < 4.78 is 10.1. The van der Waals surface area contributed by atoms with E-state index in [0.29, 0.717) is 17.9 Å². The molecular weight excluding hydrogens is 326 g/mol. The minimum Gasteiger partial charge on any atom is -0.494 e. The number of ether oxygens (including phenoxy) is 2. The van der Waals surface area contributed by atoms with E-state index in [4.69, 9.17) is 14.7 Å². The Balaban J connectivity index is 2.60. The maximum Gasteiger partial charge on any atom is 0.349 e. The molecule has 8 heteroatoms. The minimum absolute atomic E-state index is 0.222. The lowest BCUT2D eigenvalue weighted by Crippen LogP contribution is -2.37. The van der Waals surface area contributed by atoms with Gasteiger partial charge in [0.25, 0.3) is 5.91 Å². The number of nitriles is 1. The highest BCUT2D eigenvalue weighted by atomic mass is 16.5. The summed E-state index contributed by atoms with van der Waals surface area (Å²) in [5.74, 6) is -1.27. The topological polar surface area (TPSA) is 118 Å². The van der Waals surface area contributed by atoms with Crippen molar-refractivity contribution < 1.29 is 23.9 Å². The second-order valence-corrected chi connectivity index (χ2v) is 4.70. The zero-order valence-electron chi connectivity index (χ0n) is 14.0. The molecule has 0 bridgehead atoms. The molecule has 1 aromatic carbocycles. The number of likely N-dealkylation sites (N-methyl/N-ethyl adjacent to an activating group) is 1. The fraction of sp³-hybridized carbons (Fsp3) is 0.294. The Bertz CT molecular complexity index is 689. The normalized spacial score (nSPS) is 10.4. The van der Waals surface area contributed by atoms with Gasteiger partial charge in [-0.25, -0.2) is 4.79 Å². The summed E-state index contributed by atoms with van der Waals surface area (Å²) in [6, 6.07) is 8.53. The van der Waals surface area contributed by atoms with Crippen molar-refractivity contribution in [1.29, 1.82) is 5.26 Å². The molecule has 0 radical (unpaired) electrons. The number of rotatable bonds is 8. The van der Waals surface area contributed by atoms with Crippen LogP contribution in [0.4, 0.5) is 0 Å². The number of hydrogen-bond donors (Lipinski definition) is 2. The molecule has 0 aliphatic rings. The molecule has 132 valence electrons. The van der Waals surface area contributed by atoms with Crippen LogP contribution in [0.5, 0.6) is 5.75 Å². The van der Waals surface area contributed by atoms with E-state index in [9.17, 15) is 14.4 Å². The fourth-order valence-corrected chi connectivity index (χ4v) is 1.66. The summed E-state index contributed by atoms with van der Waals surface area (Å²) in [7, 11) is 1.43. The quantitative estimate of drug-likeness (QED) is 0.400. The Morgan fingerprint density at radius 1 is 1.20 bits per heavy atom. The first kappa shape index (κ1) is 19.7. The SMILES string of the molecule is CCOc1ccc(/C=C(\C#N)C(=O)OCC(=O)NCC(=O)NC)cc1. The van der Waals surface area contributed by atoms with Gasteiger partial charge in [-0.05, 0) is 30.7 Å². The Labute approximate surface area is 145 Å². The molecule has 0 aliphatic heterocycles. The van der Waals surface area contributed by atoms with Gasteiger partial charge in [-0.2, -0.15) is 5.26 Å². The van der Waals surface area contributed by atoms with Crippen LogP contribution in [0.2, 0.25) is 0 Å². The highest BCUT2D eigenvalue weighted by Crippen LogP contribution is 2.14. The zero-order valence-corrected chi connectivity index (χ0v) is 14.0. The van der Waals surface area contributed by atoms with Crippen molar-refractivity contribution in [3.05, 3.63) is 35.4 Å². The van der Waals surface area contributed by atoms with Crippen LogP contribution >= 0.6 is 0 Å². The minimum atomic E-state index is -0.925. The Morgan fingerprint density at radius 3 is 2.44 bits per heavy atom. The number of nitrogens with one attached hydrogen (secondary N) is 2. The Morgan fingerprint density at radius 2 is 1.88 bits per heavy atom. The van der Waals surface area contributed by atoms with E-state index in [0.717, 1.165) is 0 Å². The van der Waals surface area contributed by atoms with Gasteiger partial charge in [-0.3, -0.25) is 9.59 Å². The van der Waals surface area contributed by atoms with Crippen molar-refractivity contribution in [2.24, 2.45) is 0 Å². The standard InChI is InChI=1S/C17H19N3O5/c1-3-24-14-6-4-12(5-7-14)8-13(9-18)17(23)25-11-16(22)20-10-15(21)19-2/h4-8H,3,10-11H2,1-2H3,(H,19,21)(H,20,22)/b13-8+. The molecule has 1 aromatic rings. The van der Waals surface area contributed by atoms with Gasteiger partial charge in [0.2, 0.25) is 5.91 Å². The molecule has 0 saturated carbocycles. The Kier molecular flexibility index (Phi) is 8.23. The lowest BCUT2D eigenvalue weighted by atomic mass is 10.1. The first-order valence-electron chi connectivity index (χ1n) is 7.49. The van der Waals surface area contributed by atoms with Crippen molar-refractivity contribution in [1.82, 2.24) is 10.6 Å². The van der Waals surface area contributed by atoms with Crippen molar-refractivity contribution >= 4 is 23.9 Å². The zero-order chi connectivity index (χ0) is 18.7. The second kappa shape index (κ2) is 10.4. The van der Waals surface area contributed by atoms with Crippen molar-refractivity contribution in [3.8, 4) is 11.8 Å².